The molecule has 0 spiro atoms. The third-order valence-corrected chi connectivity index (χ3v) is 0. The maximum atomic E-state index is 8.82. The van der Waals surface area contributed by atoms with Crippen molar-refractivity contribution in [2.45, 2.75) is 0 Å². The van der Waals surface area contributed by atoms with Gasteiger partial charge in [-0.1, -0.05) is 0 Å². The Balaban J connectivity index is -0.0000000800. The summed E-state index contributed by atoms with van der Waals surface area (Å²) in [7, 11) is 0. The van der Waals surface area contributed by atoms with Crippen LogP contribution in [0.3, 0.4) is 0 Å². The first-order valence-electron chi connectivity index (χ1n) is 0.698. The van der Waals surface area contributed by atoms with Crippen LogP contribution < -0.4 is 63.8 Å². The Morgan fingerprint density at radius 3 is 1.14 bits per heavy atom. The first-order chi connectivity index (χ1) is 2.00. The van der Waals surface area contributed by atoms with E-state index in [0.29, 0.717) is 0 Å². The second-order valence-corrected chi connectivity index (χ2v) is 1.85. The predicted octanol–water partition coefficient (Wildman–Crippen LogP) is -7.35. The van der Waals surface area contributed by atoms with Crippen LogP contribution in [0.25, 0.3) is 0 Å². The van der Waals surface area contributed by atoms with E-state index >= 15 is 0 Å². The Morgan fingerprint density at radius 1 is 1.14 bits per heavy atom. The van der Waals surface area contributed by atoms with Gasteiger partial charge in [-0.25, -0.2) is 0 Å². The summed E-state index contributed by atoms with van der Waals surface area (Å²) in [6.07, 6.45) is 0. The van der Waals surface area contributed by atoms with E-state index in [4.69, 9.17) is 15.9 Å². The molecule has 0 aromatic heterocycles. The van der Waals surface area contributed by atoms with Crippen molar-refractivity contribution in [3.8, 4) is 0 Å². The van der Waals surface area contributed by atoms with Gasteiger partial charge >= 0.3 is 80.9 Å². The van der Waals surface area contributed by atoms with Crippen molar-refractivity contribution in [2.75, 3.05) is 0 Å². The molecular formula is H2ClCrKO4. The molecule has 7 heavy (non-hydrogen) atoms. The average Bonchev–Trinajstić information content (AvgIpc) is 0.722. The predicted molar refractivity (Wildman–Crippen MR) is 5.81 cm³/mol. The van der Waals surface area contributed by atoms with Crippen LogP contribution in [0.4, 0.5) is 0 Å². The first kappa shape index (κ1) is 16.0. The van der Waals surface area contributed by atoms with Gasteiger partial charge in [-0.15, -0.1) is 0 Å². The maximum absolute atomic E-state index is 8.82. The molecule has 0 aliphatic heterocycles. The fraction of sp³-hybridized carbons (Fsp3) is 0. The Bertz CT molecular complexity index is 94.9. The van der Waals surface area contributed by atoms with Crippen molar-refractivity contribution in [3.05, 3.63) is 0 Å². The number of halogens is 1. The summed E-state index contributed by atoms with van der Waals surface area (Å²) in [5, 5.41) is 0. The van der Waals surface area contributed by atoms with Crippen molar-refractivity contribution in [1.82, 2.24) is 0 Å². The fourth-order valence-corrected chi connectivity index (χ4v) is 0. The van der Waals surface area contributed by atoms with Gasteiger partial charge in [0.1, 0.15) is 0 Å². The molecule has 0 heterocycles. The first-order valence-corrected chi connectivity index (χ1v) is 2.88. The SMILES string of the molecule is [Cl-].[K+].[O]=[Cr](=[O])([OH])[OH]. The molecule has 0 amide bonds. The van der Waals surface area contributed by atoms with Gasteiger partial charge < -0.3 is 12.4 Å². The van der Waals surface area contributed by atoms with Crippen molar-refractivity contribution in [1.29, 1.82) is 0 Å². The van der Waals surface area contributed by atoms with Crippen LogP contribution >= 0.6 is 0 Å². The van der Waals surface area contributed by atoms with E-state index in [1.165, 1.54) is 0 Å². The zero-order chi connectivity index (χ0) is 4.50. The van der Waals surface area contributed by atoms with Gasteiger partial charge in [0, 0.05) is 0 Å². The number of hydrogen-bond donors (Lipinski definition) is 2. The number of rotatable bonds is 0. The van der Waals surface area contributed by atoms with Crippen molar-refractivity contribution < 1.29 is 93.3 Å². The summed E-state index contributed by atoms with van der Waals surface area (Å²) >= 11 is -5.25. The Kier molecular flexibility index (Phi) is 13.9. The van der Waals surface area contributed by atoms with E-state index in [1.807, 2.05) is 0 Å². The molecule has 0 bridgehead atoms. The van der Waals surface area contributed by atoms with E-state index in [0.717, 1.165) is 0 Å². The Morgan fingerprint density at radius 2 is 1.14 bits per heavy atom. The van der Waals surface area contributed by atoms with Gasteiger partial charge in [0.05, 0.1) is 0 Å². The molecule has 0 unspecified atom stereocenters. The fourth-order valence-electron chi connectivity index (χ4n) is 0. The van der Waals surface area contributed by atoms with Gasteiger partial charge in [0.15, 0.2) is 0 Å². The van der Waals surface area contributed by atoms with Crippen LogP contribution in [-0.2, 0) is 21.2 Å². The molecular weight excluding hydrogens is 191 g/mol. The van der Waals surface area contributed by atoms with Gasteiger partial charge in [-0.2, -0.15) is 0 Å². The van der Waals surface area contributed by atoms with E-state index in [1.54, 1.807) is 0 Å². The van der Waals surface area contributed by atoms with Gasteiger partial charge in [0.25, 0.3) is 0 Å². The van der Waals surface area contributed by atoms with E-state index < -0.39 is 13.6 Å². The molecule has 7 heteroatoms. The molecule has 0 aliphatic rings. The Hall–Kier alpha value is 1.98. The van der Waals surface area contributed by atoms with Crippen LogP contribution in [0.2, 0.25) is 0 Å². The third-order valence-electron chi connectivity index (χ3n) is 0. The summed E-state index contributed by atoms with van der Waals surface area (Å²) in [4.78, 5) is 0. The molecule has 0 saturated carbocycles. The molecule has 0 radical (unpaired) electrons. The summed E-state index contributed by atoms with van der Waals surface area (Å²) in [5.41, 5.74) is 0. The Labute approximate surface area is 91.5 Å². The standard InChI is InChI=1S/ClH.Cr.K.2H2O.2O/h1H;;;2*1H2;;/q;+2;+1;;;;/p-3. The van der Waals surface area contributed by atoms with Gasteiger partial charge in [-0.05, 0) is 0 Å². The van der Waals surface area contributed by atoms with Gasteiger partial charge in [-0.3, -0.25) is 0 Å². The minimum atomic E-state index is -5.25. The summed E-state index contributed by atoms with van der Waals surface area (Å²) in [6.45, 7) is 0. The van der Waals surface area contributed by atoms with Crippen LogP contribution in [0, 0.1) is 0 Å². The van der Waals surface area contributed by atoms with E-state index in [9.17, 15) is 0 Å². The summed E-state index contributed by atoms with van der Waals surface area (Å²) in [6, 6.07) is 0. The van der Waals surface area contributed by atoms with E-state index in [-0.39, 0.29) is 63.8 Å². The second kappa shape index (κ2) is 6.10. The molecule has 0 aromatic carbocycles. The molecule has 0 aromatic rings. The number of hydrogen-bond acceptors (Lipinski definition) is 2. The second-order valence-electron chi connectivity index (χ2n) is 0.448. The van der Waals surface area contributed by atoms with Gasteiger partial charge in [0.2, 0.25) is 0 Å². The molecule has 0 aliphatic carbocycles. The summed E-state index contributed by atoms with van der Waals surface area (Å²) < 4.78 is 31.9. The van der Waals surface area contributed by atoms with Crippen molar-refractivity contribution in [3.63, 3.8) is 0 Å². The topological polar surface area (TPSA) is 74.6 Å². The normalized spacial score (nSPS) is 8.29. The monoisotopic (exact) mass is 192 g/mol. The molecule has 2 N–H and O–H groups in total. The average molecular weight is 193 g/mol. The van der Waals surface area contributed by atoms with Crippen LogP contribution in [0.15, 0.2) is 0 Å². The third kappa shape index (κ3) is 72.8. The molecule has 0 atom stereocenters. The molecule has 0 rings (SSSR count). The molecule has 0 saturated heterocycles. The molecule has 40 valence electrons. The van der Waals surface area contributed by atoms with Crippen LogP contribution in [0.5, 0.6) is 0 Å². The molecule has 0 fully saturated rings. The molecule has 4 nitrogen and oxygen atoms in total. The van der Waals surface area contributed by atoms with Crippen molar-refractivity contribution >= 4 is 0 Å². The van der Waals surface area contributed by atoms with Crippen LogP contribution in [0.1, 0.15) is 0 Å². The minimum absolute atomic E-state index is 0. The van der Waals surface area contributed by atoms with E-state index in [2.05, 4.69) is 0 Å². The zero-order valence-corrected chi connectivity index (χ0v) is 8.65. The quantitative estimate of drug-likeness (QED) is 0.374. The zero-order valence-electron chi connectivity index (χ0n) is 3.50. The van der Waals surface area contributed by atoms with Crippen LogP contribution in [-0.4, -0.2) is 8.32 Å². The summed E-state index contributed by atoms with van der Waals surface area (Å²) in [5.74, 6) is 0. The van der Waals surface area contributed by atoms with Crippen molar-refractivity contribution in [2.24, 2.45) is 0 Å².